The SMILES string of the molecule is Cc1ccc(-c2nn(CCN3CCN(C)CC3)c3nnc(-c4ccccc4)c(Cl)c23)o1. The van der Waals surface area contributed by atoms with Crippen molar-refractivity contribution < 1.29 is 4.42 Å². The Morgan fingerprint density at radius 2 is 1.71 bits per heavy atom. The average Bonchev–Trinajstić information content (AvgIpc) is 3.38. The molecule has 4 aromatic rings. The minimum atomic E-state index is 0.547. The summed E-state index contributed by atoms with van der Waals surface area (Å²) in [5.74, 6) is 1.52. The van der Waals surface area contributed by atoms with Gasteiger partial charge in [-0.25, -0.2) is 4.68 Å². The zero-order valence-corrected chi connectivity index (χ0v) is 18.5. The smallest absolute Gasteiger partial charge is 0.182 e. The molecule has 3 aromatic heterocycles. The van der Waals surface area contributed by atoms with Gasteiger partial charge >= 0.3 is 0 Å². The first kappa shape index (κ1) is 20.2. The number of furan rings is 1. The van der Waals surface area contributed by atoms with E-state index < -0.39 is 0 Å². The highest BCUT2D eigenvalue weighted by Crippen LogP contribution is 2.37. The molecule has 0 unspecified atom stereocenters. The third kappa shape index (κ3) is 3.96. The Kier molecular flexibility index (Phi) is 5.48. The molecule has 1 saturated heterocycles. The maximum absolute atomic E-state index is 6.90. The highest BCUT2D eigenvalue weighted by molar-refractivity contribution is 6.38. The molecule has 1 aliphatic heterocycles. The van der Waals surface area contributed by atoms with Crippen LogP contribution in [0.1, 0.15) is 5.76 Å². The predicted octanol–water partition coefficient (Wildman–Crippen LogP) is 3.96. The van der Waals surface area contributed by atoms with Crippen LogP contribution in [-0.4, -0.2) is 69.5 Å². The molecular weight excluding hydrogens is 412 g/mol. The van der Waals surface area contributed by atoms with Crippen LogP contribution in [0.2, 0.25) is 5.02 Å². The molecule has 0 N–H and O–H groups in total. The van der Waals surface area contributed by atoms with Gasteiger partial charge < -0.3 is 9.32 Å². The van der Waals surface area contributed by atoms with Gasteiger partial charge in [0.1, 0.15) is 17.1 Å². The Labute approximate surface area is 186 Å². The van der Waals surface area contributed by atoms with Gasteiger partial charge in [0.05, 0.1) is 17.0 Å². The van der Waals surface area contributed by atoms with Crippen LogP contribution in [0.4, 0.5) is 0 Å². The van der Waals surface area contributed by atoms with E-state index >= 15 is 0 Å². The molecule has 8 heteroatoms. The van der Waals surface area contributed by atoms with E-state index in [0.29, 0.717) is 27.8 Å². The molecule has 160 valence electrons. The topological polar surface area (TPSA) is 63.2 Å². The van der Waals surface area contributed by atoms with Crippen LogP contribution in [0.15, 0.2) is 46.9 Å². The average molecular weight is 437 g/mol. The monoisotopic (exact) mass is 436 g/mol. The molecule has 0 amide bonds. The molecule has 1 aromatic carbocycles. The minimum absolute atomic E-state index is 0.547. The molecule has 0 saturated carbocycles. The summed E-state index contributed by atoms with van der Waals surface area (Å²) in [6.45, 7) is 7.84. The van der Waals surface area contributed by atoms with Crippen LogP contribution in [0, 0.1) is 6.92 Å². The molecule has 0 bridgehead atoms. The zero-order valence-electron chi connectivity index (χ0n) is 17.8. The molecule has 0 radical (unpaired) electrons. The van der Waals surface area contributed by atoms with E-state index in [1.807, 2.05) is 54.1 Å². The van der Waals surface area contributed by atoms with Crippen molar-refractivity contribution >= 4 is 22.6 Å². The lowest BCUT2D eigenvalue weighted by Gasteiger charge is -2.32. The summed E-state index contributed by atoms with van der Waals surface area (Å²) >= 11 is 6.90. The normalized spacial score (nSPS) is 15.7. The number of hydrogen-bond donors (Lipinski definition) is 0. The van der Waals surface area contributed by atoms with Gasteiger partial charge in [0, 0.05) is 38.3 Å². The van der Waals surface area contributed by atoms with Crippen LogP contribution in [0.5, 0.6) is 0 Å². The maximum Gasteiger partial charge on any atom is 0.182 e. The fraction of sp³-hybridized carbons (Fsp3) is 0.348. The van der Waals surface area contributed by atoms with Gasteiger partial charge in [0.2, 0.25) is 0 Å². The van der Waals surface area contributed by atoms with Gasteiger partial charge in [-0.05, 0) is 26.1 Å². The molecule has 5 rings (SSSR count). The second kappa shape index (κ2) is 8.42. The number of rotatable bonds is 5. The molecule has 4 heterocycles. The number of halogens is 1. The van der Waals surface area contributed by atoms with Gasteiger partial charge in [0.15, 0.2) is 11.4 Å². The van der Waals surface area contributed by atoms with Crippen molar-refractivity contribution in [3.63, 3.8) is 0 Å². The van der Waals surface area contributed by atoms with Gasteiger partial charge in [-0.15, -0.1) is 10.2 Å². The molecule has 1 fully saturated rings. The second-order valence-corrected chi connectivity index (χ2v) is 8.43. The van der Waals surface area contributed by atoms with Crippen molar-refractivity contribution in [2.45, 2.75) is 13.5 Å². The quantitative estimate of drug-likeness (QED) is 0.472. The minimum Gasteiger partial charge on any atom is -0.460 e. The van der Waals surface area contributed by atoms with E-state index in [0.717, 1.165) is 56.0 Å². The summed E-state index contributed by atoms with van der Waals surface area (Å²) in [5.41, 5.74) is 2.97. The number of aryl methyl sites for hydroxylation is 1. The molecule has 0 aliphatic carbocycles. The number of hydrogen-bond acceptors (Lipinski definition) is 6. The summed E-state index contributed by atoms with van der Waals surface area (Å²) in [4.78, 5) is 4.81. The Hall–Kier alpha value is -2.74. The lowest BCUT2D eigenvalue weighted by atomic mass is 10.1. The van der Waals surface area contributed by atoms with Crippen LogP contribution in [-0.2, 0) is 6.54 Å². The summed E-state index contributed by atoms with van der Waals surface area (Å²) in [6, 6.07) is 13.7. The van der Waals surface area contributed by atoms with E-state index in [9.17, 15) is 0 Å². The number of nitrogens with zero attached hydrogens (tertiary/aromatic N) is 6. The Bertz CT molecular complexity index is 1190. The lowest BCUT2D eigenvalue weighted by molar-refractivity contribution is 0.149. The predicted molar refractivity (Wildman–Crippen MR) is 122 cm³/mol. The largest absolute Gasteiger partial charge is 0.460 e. The number of piperazine rings is 1. The molecule has 0 spiro atoms. The number of likely N-dealkylation sites (N-methyl/N-ethyl adjacent to an activating group) is 1. The third-order valence-corrected chi connectivity index (χ3v) is 6.21. The van der Waals surface area contributed by atoms with Gasteiger partial charge in [0.25, 0.3) is 0 Å². The maximum atomic E-state index is 6.90. The summed E-state index contributed by atoms with van der Waals surface area (Å²) in [5, 5.41) is 15.2. The third-order valence-electron chi connectivity index (χ3n) is 5.84. The van der Waals surface area contributed by atoms with Crippen LogP contribution < -0.4 is 0 Å². The first-order chi connectivity index (χ1) is 15.1. The van der Waals surface area contributed by atoms with E-state index in [-0.39, 0.29) is 0 Å². The molecule has 31 heavy (non-hydrogen) atoms. The van der Waals surface area contributed by atoms with Crippen LogP contribution in [0.25, 0.3) is 33.7 Å². The van der Waals surface area contributed by atoms with Crippen LogP contribution >= 0.6 is 11.6 Å². The Balaban J connectivity index is 1.56. The molecule has 7 nitrogen and oxygen atoms in total. The summed E-state index contributed by atoms with van der Waals surface area (Å²) in [6.07, 6.45) is 0. The van der Waals surface area contributed by atoms with Crippen molar-refractivity contribution in [2.75, 3.05) is 39.8 Å². The van der Waals surface area contributed by atoms with Gasteiger partial charge in [-0.2, -0.15) is 5.10 Å². The van der Waals surface area contributed by atoms with Crippen molar-refractivity contribution in [1.29, 1.82) is 0 Å². The van der Waals surface area contributed by atoms with E-state index in [4.69, 9.17) is 21.1 Å². The van der Waals surface area contributed by atoms with E-state index in [1.54, 1.807) is 0 Å². The zero-order chi connectivity index (χ0) is 21.4. The summed E-state index contributed by atoms with van der Waals surface area (Å²) in [7, 11) is 2.16. The van der Waals surface area contributed by atoms with Gasteiger partial charge in [-0.1, -0.05) is 41.9 Å². The number of benzene rings is 1. The van der Waals surface area contributed by atoms with Crippen molar-refractivity contribution in [3.8, 4) is 22.7 Å². The van der Waals surface area contributed by atoms with Gasteiger partial charge in [-0.3, -0.25) is 4.90 Å². The van der Waals surface area contributed by atoms with Crippen molar-refractivity contribution in [1.82, 2.24) is 29.8 Å². The molecule has 0 atom stereocenters. The lowest BCUT2D eigenvalue weighted by Crippen LogP contribution is -2.45. The Morgan fingerprint density at radius 3 is 2.42 bits per heavy atom. The second-order valence-electron chi connectivity index (χ2n) is 8.05. The molecular formula is C23H25ClN6O. The van der Waals surface area contributed by atoms with Crippen LogP contribution in [0.3, 0.4) is 0 Å². The fourth-order valence-corrected chi connectivity index (χ4v) is 4.32. The fourth-order valence-electron chi connectivity index (χ4n) is 3.99. The highest BCUT2D eigenvalue weighted by atomic mass is 35.5. The first-order valence-electron chi connectivity index (χ1n) is 10.6. The summed E-state index contributed by atoms with van der Waals surface area (Å²) < 4.78 is 7.81. The van der Waals surface area contributed by atoms with E-state index in [1.165, 1.54) is 0 Å². The number of fused-ring (bicyclic) bond motifs is 1. The highest BCUT2D eigenvalue weighted by Gasteiger charge is 2.23. The molecule has 1 aliphatic rings. The van der Waals surface area contributed by atoms with Crippen molar-refractivity contribution in [2.24, 2.45) is 0 Å². The van der Waals surface area contributed by atoms with E-state index in [2.05, 4.69) is 27.0 Å². The standard InChI is InChI=1S/C23H25ClN6O/c1-16-8-9-18(31-16)22-19-20(24)21(17-6-4-3-5-7-17)25-26-23(19)30(27-22)15-14-29-12-10-28(2)11-13-29/h3-9H,10-15H2,1-2H3. The Morgan fingerprint density at radius 1 is 0.935 bits per heavy atom. The first-order valence-corrected chi connectivity index (χ1v) is 10.9. The number of aromatic nitrogens is 4. The van der Waals surface area contributed by atoms with Crippen molar-refractivity contribution in [3.05, 3.63) is 53.2 Å².